The van der Waals surface area contributed by atoms with E-state index < -0.39 is 10.0 Å². The van der Waals surface area contributed by atoms with Crippen molar-refractivity contribution in [1.29, 1.82) is 0 Å². The summed E-state index contributed by atoms with van der Waals surface area (Å²) in [5, 5.41) is 0. The van der Waals surface area contributed by atoms with Gasteiger partial charge in [-0.05, 0) is 23.5 Å². The predicted octanol–water partition coefficient (Wildman–Crippen LogP) is 3.23. The first-order valence-electron chi connectivity index (χ1n) is 6.43. The van der Waals surface area contributed by atoms with Gasteiger partial charge in [0.15, 0.2) is 0 Å². The van der Waals surface area contributed by atoms with Crippen LogP contribution in [0.4, 0.5) is 0 Å². The minimum absolute atomic E-state index is 0.0341. The van der Waals surface area contributed by atoms with Crippen molar-refractivity contribution >= 4 is 21.6 Å². The molecule has 0 aromatic heterocycles. The largest absolute Gasteiger partial charge is 0.218 e. The van der Waals surface area contributed by atoms with Crippen molar-refractivity contribution in [3.05, 3.63) is 35.4 Å². The van der Waals surface area contributed by atoms with Crippen molar-refractivity contribution in [2.24, 2.45) is 5.92 Å². The number of nitrogens with zero attached hydrogens (tertiary/aromatic N) is 1. The van der Waals surface area contributed by atoms with Crippen LogP contribution < -0.4 is 0 Å². The molecule has 19 heavy (non-hydrogen) atoms. The molecule has 0 N–H and O–H groups in total. The summed E-state index contributed by atoms with van der Waals surface area (Å²) in [6, 6.07) is 7.41. The first-order chi connectivity index (χ1) is 8.85. The Morgan fingerprint density at radius 3 is 2.47 bits per heavy atom. The van der Waals surface area contributed by atoms with Gasteiger partial charge in [-0.1, -0.05) is 38.1 Å². The first-order valence-corrected chi connectivity index (χ1v) is 8.57. The average molecular weight is 304 g/mol. The Morgan fingerprint density at radius 2 is 1.89 bits per heavy atom. The van der Waals surface area contributed by atoms with Crippen LogP contribution in [0.25, 0.3) is 0 Å². The highest BCUT2D eigenvalue weighted by atomic mass is 35.5. The number of benzene rings is 1. The summed E-state index contributed by atoms with van der Waals surface area (Å²) < 4.78 is 25.9. The lowest BCUT2D eigenvalue weighted by Crippen LogP contribution is -2.29. The van der Waals surface area contributed by atoms with Gasteiger partial charge >= 0.3 is 0 Å². The zero-order valence-electron chi connectivity index (χ0n) is 11.8. The normalized spacial score (nSPS) is 12.3. The molecule has 1 aromatic carbocycles. The summed E-state index contributed by atoms with van der Waals surface area (Å²) in [5.74, 6) is 0.931. The molecule has 0 saturated heterocycles. The predicted molar refractivity (Wildman–Crippen MR) is 80.7 cm³/mol. The maximum absolute atomic E-state index is 12.2. The summed E-state index contributed by atoms with van der Waals surface area (Å²) in [5.41, 5.74) is 1.73. The zero-order valence-corrected chi connectivity index (χ0v) is 13.3. The van der Waals surface area contributed by atoms with E-state index in [1.807, 2.05) is 24.3 Å². The number of hydrogen-bond donors (Lipinski definition) is 0. The molecule has 1 rings (SSSR count). The van der Waals surface area contributed by atoms with Gasteiger partial charge in [0.1, 0.15) is 0 Å². The fraction of sp³-hybridized carbons (Fsp3) is 0.571. The summed E-state index contributed by atoms with van der Waals surface area (Å²) >= 11 is 5.76. The molecule has 0 bridgehead atoms. The molecule has 108 valence electrons. The highest BCUT2D eigenvalue weighted by Gasteiger charge is 2.18. The van der Waals surface area contributed by atoms with Gasteiger partial charge in [-0.15, -0.1) is 11.6 Å². The first kappa shape index (κ1) is 16.5. The third-order valence-corrected chi connectivity index (χ3v) is 5.13. The van der Waals surface area contributed by atoms with Crippen molar-refractivity contribution in [2.45, 2.75) is 31.9 Å². The molecule has 0 aliphatic heterocycles. The van der Waals surface area contributed by atoms with Gasteiger partial charge in [0, 0.05) is 19.5 Å². The highest BCUT2D eigenvalue weighted by molar-refractivity contribution is 7.88. The summed E-state index contributed by atoms with van der Waals surface area (Å²) in [4.78, 5) is 0. The highest BCUT2D eigenvalue weighted by Crippen LogP contribution is 2.14. The number of hydrogen-bond acceptors (Lipinski definition) is 2. The van der Waals surface area contributed by atoms with E-state index in [1.54, 1.807) is 7.05 Å². The Bertz CT molecular complexity index is 500. The molecule has 0 aliphatic rings. The van der Waals surface area contributed by atoms with Crippen LogP contribution in [-0.4, -0.2) is 26.3 Å². The van der Waals surface area contributed by atoms with Gasteiger partial charge in [-0.3, -0.25) is 0 Å². The van der Waals surface area contributed by atoms with Crippen LogP contribution in [-0.2, 0) is 21.7 Å². The summed E-state index contributed by atoms with van der Waals surface area (Å²) in [7, 11) is -1.60. The second-order valence-corrected chi connectivity index (χ2v) is 7.56. The quantitative estimate of drug-likeness (QED) is 0.725. The van der Waals surface area contributed by atoms with E-state index >= 15 is 0 Å². The fourth-order valence-corrected chi connectivity index (χ4v) is 3.07. The van der Waals surface area contributed by atoms with Crippen LogP contribution in [0.1, 0.15) is 31.4 Å². The van der Waals surface area contributed by atoms with Crippen molar-refractivity contribution < 1.29 is 8.42 Å². The van der Waals surface area contributed by atoms with Crippen LogP contribution in [0.3, 0.4) is 0 Å². The van der Waals surface area contributed by atoms with E-state index in [2.05, 4.69) is 13.8 Å². The average Bonchev–Trinajstić information content (AvgIpc) is 2.35. The lowest BCUT2D eigenvalue weighted by atomic mass is 10.1. The second kappa shape index (κ2) is 7.27. The van der Waals surface area contributed by atoms with Crippen molar-refractivity contribution in [1.82, 2.24) is 4.31 Å². The molecule has 0 amide bonds. The van der Waals surface area contributed by atoms with E-state index in [1.165, 1.54) is 4.31 Å². The number of rotatable bonds is 7. The third-order valence-electron chi connectivity index (χ3n) is 2.99. The molecule has 0 heterocycles. The molecular formula is C14H22ClNO2S. The minimum Gasteiger partial charge on any atom is -0.212 e. The fourth-order valence-electron chi connectivity index (χ4n) is 1.70. The van der Waals surface area contributed by atoms with Crippen LogP contribution in [0.2, 0.25) is 0 Å². The van der Waals surface area contributed by atoms with E-state index in [0.717, 1.165) is 17.5 Å². The monoisotopic (exact) mass is 303 g/mol. The molecule has 0 saturated carbocycles. The van der Waals surface area contributed by atoms with Gasteiger partial charge in [0.25, 0.3) is 0 Å². The van der Waals surface area contributed by atoms with E-state index in [0.29, 0.717) is 18.3 Å². The van der Waals surface area contributed by atoms with Crippen molar-refractivity contribution in [2.75, 3.05) is 13.6 Å². The Balaban J connectivity index is 2.72. The number of alkyl halides is 1. The van der Waals surface area contributed by atoms with Crippen molar-refractivity contribution in [3.8, 4) is 0 Å². The maximum atomic E-state index is 12.2. The second-order valence-electron chi connectivity index (χ2n) is 5.21. The Labute approximate surface area is 121 Å². The maximum Gasteiger partial charge on any atom is 0.218 e. The molecule has 1 aromatic rings. The SMILES string of the molecule is CC(C)CCN(C)S(=O)(=O)Cc1cccc(CCl)c1. The Morgan fingerprint density at radius 1 is 1.26 bits per heavy atom. The van der Waals surface area contributed by atoms with Gasteiger partial charge < -0.3 is 0 Å². The number of halogens is 1. The standard InChI is InChI=1S/C14H22ClNO2S/c1-12(2)7-8-16(3)19(17,18)11-14-6-4-5-13(9-14)10-15/h4-6,9,12H,7-8,10-11H2,1-3H3. The van der Waals surface area contributed by atoms with Crippen molar-refractivity contribution in [3.63, 3.8) is 0 Å². The molecule has 0 radical (unpaired) electrons. The molecule has 3 nitrogen and oxygen atoms in total. The third kappa shape index (κ3) is 5.51. The van der Waals surface area contributed by atoms with Gasteiger partial charge in [0.05, 0.1) is 5.75 Å². The lowest BCUT2D eigenvalue weighted by molar-refractivity contribution is 0.427. The summed E-state index contributed by atoms with van der Waals surface area (Å²) in [6.07, 6.45) is 0.872. The van der Waals surface area contributed by atoms with Crippen LogP contribution >= 0.6 is 11.6 Å². The molecule has 0 spiro atoms. The number of sulfonamides is 1. The topological polar surface area (TPSA) is 37.4 Å². The zero-order chi connectivity index (χ0) is 14.5. The molecule has 0 fully saturated rings. The Hall–Kier alpha value is -0.580. The Kier molecular flexibility index (Phi) is 6.30. The molecular weight excluding hydrogens is 282 g/mol. The van der Waals surface area contributed by atoms with E-state index in [-0.39, 0.29) is 5.75 Å². The van der Waals surface area contributed by atoms with Crippen LogP contribution in [0.5, 0.6) is 0 Å². The minimum atomic E-state index is -3.24. The van der Waals surface area contributed by atoms with Gasteiger partial charge in [-0.2, -0.15) is 0 Å². The molecule has 0 aliphatic carbocycles. The summed E-state index contributed by atoms with van der Waals surface area (Å²) in [6.45, 7) is 4.74. The van der Waals surface area contributed by atoms with E-state index in [4.69, 9.17) is 11.6 Å². The molecule has 0 atom stereocenters. The lowest BCUT2D eigenvalue weighted by Gasteiger charge is -2.18. The smallest absolute Gasteiger partial charge is 0.212 e. The van der Waals surface area contributed by atoms with E-state index in [9.17, 15) is 8.42 Å². The molecule has 0 unspecified atom stereocenters. The van der Waals surface area contributed by atoms with Gasteiger partial charge in [0.2, 0.25) is 10.0 Å². The van der Waals surface area contributed by atoms with Crippen LogP contribution in [0, 0.1) is 5.92 Å². The van der Waals surface area contributed by atoms with Crippen LogP contribution in [0.15, 0.2) is 24.3 Å². The molecule has 5 heteroatoms. The van der Waals surface area contributed by atoms with Gasteiger partial charge in [-0.25, -0.2) is 12.7 Å².